The SMILES string of the molecule is CCN(CC)c1ccc(NC(=O)C2(C)Cc3ccccc3C(=O)O2)cc1. The van der Waals surface area contributed by atoms with Gasteiger partial charge in [-0.25, -0.2) is 4.79 Å². The number of anilines is 2. The van der Waals surface area contributed by atoms with E-state index in [0.717, 1.165) is 24.3 Å². The Bertz CT molecular complexity index is 812. The van der Waals surface area contributed by atoms with Gasteiger partial charge in [-0.2, -0.15) is 0 Å². The van der Waals surface area contributed by atoms with Crippen molar-refractivity contribution in [3.05, 3.63) is 59.7 Å². The number of benzene rings is 2. The van der Waals surface area contributed by atoms with Crippen LogP contribution in [0.4, 0.5) is 11.4 Å². The second-order valence-corrected chi connectivity index (χ2v) is 6.63. The Kier molecular flexibility index (Phi) is 4.98. The molecule has 0 fully saturated rings. The minimum Gasteiger partial charge on any atom is -0.445 e. The van der Waals surface area contributed by atoms with Crippen LogP contribution in [0.3, 0.4) is 0 Å². The van der Waals surface area contributed by atoms with Crippen molar-refractivity contribution < 1.29 is 14.3 Å². The van der Waals surface area contributed by atoms with Crippen LogP contribution in [-0.2, 0) is 16.0 Å². The maximum absolute atomic E-state index is 12.8. The van der Waals surface area contributed by atoms with Gasteiger partial charge in [-0.1, -0.05) is 18.2 Å². The van der Waals surface area contributed by atoms with Gasteiger partial charge < -0.3 is 15.0 Å². The number of nitrogens with zero attached hydrogens (tertiary/aromatic N) is 1. The van der Waals surface area contributed by atoms with E-state index in [4.69, 9.17) is 4.74 Å². The summed E-state index contributed by atoms with van der Waals surface area (Å²) >= 11 is 0. The highest BCUT2D eigenvalue weighted by molar-refractivity contribution is 6.02. The number of esters is 1. The van der Waals surface area contributed by atoms with E-state index in [2.05, 4.69) is 24.1 Å². The molecule has 1 atom stereocenters. The number of amides is 1. The maximum atomic E-state index is 12.8. The Balaban J connectivity index is 1.75. The normalized spacial score (nSPS) is 18.7. The summed E-state index contributed by atoms with van der Waals surface area (Å²) in [6.07, 6.45) is 0.359. The number of hydrogen-bond donors (Lipinski definition) is 1. The number of nitrogens with one attached hydrogen (secondary N) is 1. The van der Waals surface area contributed by atoms with Crippen molar-refractivity contribution in [2.24, 2.45) is 0 Å². The van der Waals surface area contributed by atoms with E-state index in [1.165, 1.54) is 0 Å². The van der Waals surface area contributed by atoms with Gasteiger partial charge in [-0.15, -0.1) is 0 Å². The highest BCUT2D eigenvalue weighted by Crippen LogP contribution is 2.29. The first kappa shape index (κ1) is 18.0. The van der Waals surface area contributed by atoms with Gasteiger partial charge in [0, 0.05) is 30.9 Å². The molecule has 0 saturated carbocycles. The molecular formula is C21H24N2O3. The van der Waals surface area contributed by atoms with E-state index in [1.54, 1.807) is 19.1 Å². The zero-order valence-electron chi connectivity index (χ0n) is 15.4. The number of hydrogen-bond acceptors (Lipinski definition) is 4. The molecule has 3 rings (SSSR count). The second kappa shape index (κ2) is 7.20. The molecule has 0 aliphatic carbocycles. The third-order valence-corrected chi connectivity index (χ3v) is 4.82. The number of carbonyl (C=O) groups is 2. The molecule has 2 aromatic rings. The van der Waals surface area contributed by atoms with E-state index in [0.29, 0.717) is 17.7 Å². The van der Waals surface area contributed by atoms with Crippen LogP contribution in [0.25, 0.3) is 0 Å². The minimum atomic E-state index is -1.22. The minimum absolute atomic E-state index is 0.323. The quantitative estimate of drug-likeness (QED) is 0.835. The van der Waals surface area contributed by atoms with Gasteiger partial charge in [0.2, 0.25) is 0 Å². The fourth-order valence-electron chi connectivity index (χ4n) is 3.27. The Labute approximate surface area is 154 Å². The molecule has 5 nitrogen and oxygen atoms in total. The van der Waals surface area contributed by atoms with Gasteiger partial charge in [0.1, 0.15) is 0 Å². The summed E-state index contributed by atoms with van der Waals surface area (Å²) in [5, 5.41) is 2.87. The maximum Gasteiger partial charge on any atom is 0.339 e. The predicted octanol–water partition coefficient (Wildman–Crippen LogP) is 3.64. The molecule has 136 valence electrons. The average Bonchev–Trinajstić information content (AvgIpc) is 2.64. The first-order chi connectivity index (χ1) is 12.5. The second-order valence-electron chi connectivity index (χ2n) is 6.63. The first-order valence-corrected chi connectivity index (χ1v) is 8.94. The fraction of sp³-hybridized carbons (Fsp3) is 0.333. The fourth-order valence-corrected chi connectivity index (χ4v) is 3.27. The van der Waals surface area contributed by atoms with Crippen LogP contribution in [0, 0.1) is 0 Å². The molecule has 2 aromatic carbocycles. The summed E-state index contributed by atoms with van der Waals surface area (Å²) < 4.78 is 5.47. The van der Waals surface area contributed by atoms with Crippen LogP contribution >= 0.6 is 0 Å². The number of ether oxygens (including phenoxy) is 1. The zero-order chi connectivity index (χ0) is 18.7. The third-order valence-electron chi connectivity index (χ3n) is 4.82. The average molecular weight is 352 g/mol. The Morgan fingerprint density at radius 1 is 1.12 bits per heavy atom. The van der Waals surface area contributed by atoms with Gasteiger partial charge >= 0.3 is 5.97 Å². The molecule has 1 aliphatic heterocycles. The predicted molar refractivity (Wildman–Crippen MR) is 103 cm³/mol. The van der Waals surface area contributed by atoms with Crippen molar-refractivity contribution in [2.45, 2.75) is 32.8 Å². The zero-order valence-corrected chi connectivity index (χ0v) is 15.4. The molecule has 1 amide bonds. The summed E-state index contributed by atoms with van der Waals surface area (Å²) in [7, 11) is 0. The van der Waals surface area contributed by atoms with Crippen molar-refractivity contribution in [1.82, 2.24) is 0 Å². The van der Waals surface area contributed by atoms with Crippen molar-refractivity contribution in [3.63, 3.8) is 0 Å². The van der Waals surface area contributed by atoms with Crippen LogP contribution < -0.4 is 10.2 Å². The molecular weight excluding hydrogens is 328 g/mol. The Hall–Kier alpha value is -2.82. The number of rotatable bonds is 5. The van der Waals surface area contributed by atoms with E-state index in [9.17, 15) is 9.59 Å². The lowest BCUT2D eigenvalue weighted by molar-refractivity contribution is -0.134. The molecule has 1 heterocycles. The van der Waals surface area contributed by atoms with Crippen LogP contribution in [-0.4, -0.2) is 30.6 Å². The number of carbonyl (C=O) groups excluding carboxylic acids is 2. The van der Waals surface area contributed by atoms with Gasteiger partial charge in [0.15, 0.2) is 5.60 Å². The van der Waals surface area contributed by atoms with Gasteiger partial charge in [-0.05, 0) is 56.7 Å². The van der Waals surface area contributed by atoms with Crippen LogP contribution in [0.1, 0.15) is 36.7 Å². The molecule has 1 unspecified atom stereocenters. The monoisotopic (exact) mass is 352 g/mol. The summed E-state index contributed by atoms with van der Waals surface area (Å²) in [5.74, 6) is -0.780. The van der Waals surface area contributed by atoms with E-state index >= 15 is 0 Å². The van der Waals surface area contributed by atoms with E-state index in [1.807, 2.05) is 36.4 Å². The van der Waals surface area contributed by atoms with Crippen LogP contribution in [0.15, 0.2) is 48.5 Å². The smallest absolute Gasteiger partial charge is 0.339 e. The molecule has 1 aliphatic rings. The van der Waals surface area contributed by atoms with Crippen molar-refractivity contribution >= 4 is 23.3 Å². The molecule has 0 spiro atoms. The summed E-state index contributed by atoms with van der Waals surface area (Å²) in [6.45, 7) is 7.72. The lowest BCUT2D eigenvalue weighted by Crippen LogP contribution is -2.48. The van der Waals surface area contributed by atoms with Gasteiger partial charge in [0.25, 0.3) is 5.91 Å². The molecule has 0 saturated heterocycles. The first-order valence-electron chi connectivity index (χ1n) is 8.94. The molecule has 26 heavy (non-hydrogen) atoms. The Morgan fingerprint density at radius 3 is 2.42 bits per heavy atom. The topological polar surface area (TPSA) is 58.6 Å². The highest BCUT2D eigenvalue weighted by Gasteiger charge is 2.42. The largest absolute Gasteiger partial charge is 0.445 e. The van der Waals surface area contributed by atoms with Gasteiger partial charge in [-0.3, -0.25) is 4.79 Å². The standard InChI is InChI=1S/C21H24N2O3/c1-4-23(5-2)17-12-10-16(11-13-17)22-20(25)21(3)14-15-8-6-7-9-18(15)19(24)26-21/h6-13H,4-5,14H2,1-3H3,(H,22,25). The van der Waals surface area contributed by atoms with Crippen molar-refractivity contribution in [1.29, 1.82) is 0 Å². The molecule has 1 N–H and O–H groups in total. The Morgan fingerprint density at radius 2 is 1.77 bits per heavy atom. The van der Waals surface area contributed by atoms with Gasteiger partial charge in [0.05, 0.1) is 5.56 Å². The van der Waals surface area contributed by atoms with Crippen molar-refractivity contribution in [3.8, 4) is 0 Å². The lowest BCUT2D eigenvalue weighted by atomic mass is 9.89. The molecule has 5 heteroatoms. The van der Waals surface area contributed by atoms with Crippen LogP contribution in [0.2, 0.25) is 0 Å². The third kappa shape index (κ3) is 3.43. The summed E-state index contributed by atoms with van der Waals surface area (Å²) in [4.78, 5) is 27.2. The number of fused-ring (bicyclic) bond motifs is 1. The number of cyclic esters (lactones) is 1. The van der Waals surface area contributed by atoms with Crippen LogP contribution in [0.5, 0.6) is 0 Å². The lowest BCUT2D eigenvalue weighted by Gasteiger charge is -2.33. The molecule has 0 aromatic heterocycles. The van der Waals surface area contributed by atoms with E-state index in [-0.39, 0.29) is 5.91 Å². The summed E-state index contributed by atoms with van der Waals surface area (Å²) in [5.41, 5.74) is 1.93. The molecule has 0 radical (unpaired) electrons. The van der Waals surface area contributed by atoms with E-state index < -0.39 is 11.6 Å². The highest BCUT2D eigenvalue weighted by atomic mass is 16.6. The van der Waals surface area contributed by atoms with Crippen molar-refractivity contribution in [2.75, 3.05) is 23.3 Å². The summed E-state index contributed by atoms with van der Waals surface area (Å²) in [6, 6.07) is 14.9. The molecule has 0 bridgehead atoms.